The highest BCUT2D eigenvalue weighted by molar-refractivity contribution is 5.77. The van der Waals surface area contributed by atoms with Gasteiger partial charge in [0, 0.05) is 6.54 Å². The average molecular weight is 241 g/mol. The van der Waals surface area contributed by atoms with Crippen molar-refractivity contribution in [1.29, 1.82) is 0 Å². The predicted octanol–water partition coefficient (Wildman–Crippen LogP) is 1.63. The highest BCUT2D eigenvalue weighted by Gasteiger charge is 2.36. The molecule has 0 unspecified atom stereocenters. The van der Waals surface area contributed by atoms with E-state index in [-0.39, 0.29) is 0 Å². The van der Waals surface area contributed by atoms with Gasteiger partial charge in [0.15, 0.2) is 5.96 Å². The number of nitrogens with zero attached hydrogens (tertiary/aromatic N) is 1. The van der Waals surface area contributed by atoms with Gasteiger partial charge in [-0.15, -0.1) is 0 Å². The van der Waals surface area contributed by atoms with E-state index in [9.17, 15) is 5.11 Å². The van der Waals surface area contributed by atoms with Gasteiger partial charge in [-0.1, -0.05) is 20.8 Å². The molecule has 0 radical (unpaired) electrons. The van der Waals surface area contributed by atoms with Crippen LogP contribution >= 0.6 is 0 Å². The van der Waals surface area contributed by atoms with Crippen LogP contribution in [0.25, 0.3) is 0 Å². The summed E-state index contributed by atoms with van der Waals surface area (Å²) in [4.78, 5) is 4.24. The minimum Gasteiger partial charge on any atom is -0.388 e. The molecule has 0 aromatic carbocycles. The fourth-order valence-corrected chi connectivity index (χ4v) is 2.09. The zero-order valence-electron chi connectivity index (χ0n) is 11.4. The fourth-order valence-electron chi connectivity index (χ4n) is 2.09. The quantitative estimate of drug-likeness (QED) is 0.517. The van der Waals surface area contributed by atoms with Gasteiger partial charge in [0.2, 0.25) is 0 Å². The van der Waals surface area contributed by atoms with Gasteiger partial charge in [0.05, 0.1) is 12.1 Å². The topological polar surface area (TPSA) is 70.6 Å². The van der Waals surface area contributed by atoms with Crippen molar-refractivity contribution in [2.24, 2.45) is 16.1 Å². The Morgan fingerprint density at radius 1 is 1.29 bits per heavy atom. The van der Waals surface area contributed by atoms with Crippen LogP contribution in [0.1, 0.15) is 52.9 Å². The van der Waals surface area contributed by atoms with Gasteiger partial charge >= 0.3 is 0 Å². The van der Waals surface area contributed by atoms with Crippen LogP contribution in [0.5, 0.6) is 0 Å². The molecule has 0 aliphatic heterocycles. The lowest BCUT2D eigenvalue weighted by Gasteiger charge is -2.39. The maximum atomic E-state index is 10.4. The van der Waals surface area contributed by atoms with Crippen LogP contribution in [0.4, 0.5) is 0 Å². The maximum absolute atomic E-state index is 10.4. The van der Waals surface area contributed by atoms with Crippen LogP contribution in [-0.4, -0.2) is 29.8 Å². The molecule has 100 valence electrons. The van der Waals surface area contributed by atoms with Crippen molar-refractivity contribution in [2.75, 3.05) is 13.1 Å². The van der Waals surface area contributed by atoms with Gasteiger partial charge in [0.1, 0.15) is 0 Å². The van der Waals surface area contributed by atoms with E-state index in [1.54, 1.807) is 0 Å². The van der Waals surface area contributed by atoms with Gasteiger partial charge < -0.3 is 16.2 Å². The summed E-state index contributed by atoms with van der Waals surface area (Å²) in [6.45, 7) is 7.85. The normalized spacial score (nSPS) is 23.4. The lowest BCUT2D eigenvalue weighted by Crippen LogP contribution is -2.41. The first-order chi connectivity index (χ1) is 7.87. The molecule has 0 aromatic rings. The lowest BCUT2D eigenvalue weighted by molar-refractivity contribution is -0.0174. The summed E-state index contributed by atoms with van der Waals surface area (Å²) in [5, 5.41) is 13.4. The van der Waals surface area contributed by atoms with Gasteiger partial charge in [0.25, 0.3) is 0 Å². The minimum atomic E-state index is -0.645. The number of hydrogen-bond donors (Lipinski definition) is 3. The van der Waals surface area contributed by atoms with Crippen molar-refractivity contribution >= 4 is 5.96 Å². The Morgan fingerprint density at radius 3 is 2.41 bits per heavy atom. The smallest absolute Gasteiger partial charge is 0.188 e. The largest absolute Gasteiger partial charge is 0.388 e. The Balaban J connectivity index is 2.40. The van der Waals surface area contributed by atoms with Crippen LogP contribution in [0.2, 0.25) is 0 Å². The second-order valence-corrected chi connectivity index (χ2v) is 6.02. The molecule has 1 rings (SSSR count). The summed E-state index contributed by atoms with van der Waals surface area (Å²) >= 11 is 0. The first-order valence-electron chi connectivity index (χ1n) is 6.63. The second kappa shape index (κ2) is 5.71. The van der Waals surface area contributed by atoms with Gasteiger partial charge in [-0.2, -0.15) is 0 Å². The third-order valence-electron chi connectivity index (χ3n) is 3.63. The summed E-state index contributed by atoms with van der Waals surface area (Å²) < 4.78 is 0. The van der Waals surface area contributed by atoms with E-state index in [0.717, 1.165) is 38.6 Å². The number of nitrogens with two attached hydrogens (primary N) is 1. The summed E-state index contributed by atoms with van der Waals surface area (Å²) in [6.07, 6.45) is 4.78. The Hall–Kier alpha value is -0.770. The SMILES string of the molecule is CCCNC(N)=NCC1(O)CCC(C)(C)CC1. The van der Waals surface area contributed by atoms with E-state index in [2.05, 4.69) is 31.1 Å². The van der Waals surface area contributed by atoms with Crippen molar-refractivity contribution < 1.29 is 5.11 Å². The minimum absolute atomic E-state index is 0.363. The zero-order valence-corrected chi connectivity index (χ0v) is 11.4. The fraction of sp³-hybridized carbons (Fsp3) is 0.923. The highest BCUT2D eigenvalue weighted by Crippen LogP contribution is 2.40. The van der Waals surface area contributed by atoms with Gasteiger partial charge in [-0.25, -0.2) is 0 Å². The molecule has 1 fully saturated rings. The molecule has 4 nitrogen and oxygen atoms in total. The van der Waals surface area contributed by atoms with Crippen LogP contribution in [0.15, 0.2) is 4.99 Å². The summed E-state index contributed by atoms with van der Waals surface area (Å²) in [5.74, 6) is 0.449. The van der Waals surface area contributed by atoms with Crippen LogP contribution in [0.3, 0.4) is 0 Å². The Labute approximate surface area is 105 Å². The molecule has 1 saturated carbocycles. The molecule has 1 aliphatic rings. The van der Waals surface area contributed by atoms with Crippen LogP contribution in [0, 0.1) is 5.41 Å². The number of aliphatic hydroxyl groups is 1. The summed E-state index contributed by atoms with van der Waals surface area (Å²) in [6, 6.07) is 0. The first-order valence-corrected chi connectivity index (χ1v) is 6.63. The zero-order chi connectivity index (χ0) is 12.9. The van der Waals surface area contributed by atoms with Crippen molar-refractivity contribution in [1.82, 2.24) is 5.32 Å². The molecule has 0 atom stereocenters. The monoisotopic (exact) mass is 241 g/mol. The second-order valence-electron chi connectivity index (χ2n) is 6.02. The van der Waals surface area contributed by atoms with Gasteiger partial charge in [-0.05, 0) is 37.5 Å². The van der Waals surface area contributed by atoms with E-state index >= 15 is 0 Å². The number of rotatable bonds is 4. The van der Waals surface area contributed by atoms with Crippen molar-refractivity contribution in [3.05, 3.63) is 0 Å². The number of guanidine groups is 1. The van der Waals surface area contributed by atoms with Crippen molar-refractivity contribution in [3.8, 4) is 0 Å². The summed E-state index contributed by atoms with van der Waals surface area (Å²) in [5.41, 5.74) is 5.44. The Morgan fingerprint density at radius 2 is 1.88 bits per heavy atom. The molecule has 0 aromatic heterocycles. The molecular weight excluding hydrogens is 214 g/mol. The molecular formula is C13H27N3O. The highest BCUT2D eigenvalue weighted by atomic mass is 16.3. The third kappa shape index (κ3) is 4.94. The predicted molar refractivity (Wildman–Crippen MR) is 72.0 cm³/mol. The number of aliphatic imine (C=N–C) groups is 1. The van der Waals surface area contributed by atoms with E-state index in [4.69, 9.17) is 5.73 Å². The molecule has 1 aliphatic carbocycles. The van der Waals surface area contributed by atoms with E-state index < -0.39 is 5.60 Å². The molecule has 4 N–H and O–H groups in total. The van der Waals surface area contributed by atoms with E-state index in [0.29, 0.717) is 17.9 Å². The van der Waals surface area contributed by atoms with Crippen LogP contribution in [-0.2, 0) is 0 Å². The molecule has 0 amide bonds. The Bertz CT molecular complexity index is 264. The molecule has 0 spiro atoms. The standard InChI is InChI=1S/C13H27N3O/c1-4-9-15-11(14)16-10-13(17)7-5-12(2,3)6-8-13/h17H,4-10H2,1-3H3,(H3,14,15,16). The van der Waals surface area contributed by atoms with Gasteiger partial charge in [-0.3, -0.25) is 4.99 Å². The molecule has 4 heteroatoms. The average Bonchev–Trinajstić information content (AvgIpc) is 2.29. The van der Waals surface area contributed by atoms with Crippen LogP contribution < -0.4 is 11.1 Å². The van der Waals surface area contributed by atoms with Crippen molar-refractivity contribution in [3.63, 3.8) is 0 Å². The maximum Gasteiger partial charge on any atom is 0.188 e. The summed E-state index contributed by atoms with van der Waals surface area (Å²) in [7, 11) is 0. The molecule has 17 heavy (non-hydrogen) atoms. The van der Waals surface area contributed by atoms with Crippen molar-refractivity contribution in [2.45, 2.75) is 58.5 Å². The molecule has 0 bridgehead atoms. The third-order valence-corrected chi connectivity index (χ3v) is 3.63. The number of hydrogen-bond acceptors (Lipinski definition) is 2. The Kier molecular flexibility index (Phi) is 4.80. The van der Waals surface area contributed by atoms with E-state index in [1.807, 2.05) is 0 Å². The number of nitrogens with one attached hydrogen (secondary N) is 1. The van der Waals surface area contributed by atoms with E-state index in [1.165, 1.54) is 0 Å². The first kappa shape index (κ1) is 14.3. The lowest BCUT2D eigenvalue weighted by atomic mass is 9.71. The molecule has 0 heterocycles. The molecule has 0 saturated heterocycles.